The minimum absolute atomic E-state index is 0.443. The molecule has 0 amide bonds. The maximum Gasteiger partial charge on any atom is 0.433 e. The van der Waals surface area contributed by atoms with E-state index in [1.54, 1.807) is 0 Å². The van der Waals surface area contributed by atoms with E-state index in [4.69, 9.17) is 0 Å². The molecule has 1 heterocycles. The van der Waals surface area contributed by atoms with Crippen molar-refractivity contribution in [3.05, 3.63) is 89.2 Å². The molecule has 0 saturated carbocycles. The number of nitrogens with zero attached hydrogens (tertiary/aromatic N) is 1. The highest BCUT2D eigenvalue weighted by atomic mass is 19.4. The lowest BCUT2D eigenvalue weighted by Crippen LogP contribution is -2.07. The van der Waals surface area contributed by atoms with E-state index in [2.05, 4.69) is 48.0 Å². The molecule has 1 nitrogen and oxygen atoms in total. The molecule has 1 aromatic heterocycles. The van der Waals surface area contributed by atoms with Gasteiger partial charge in [0.05, 0.1) is 0 Å². The quantitative estimate of drug-likeness (QED) is 0.510. The average Bonchev–Trinajstić information content (AvgIpc) is 2.67. The van der Waals surface area contributed by atoms with E-state index < -0.39 is 11.9 Å². The number of benzene rings is 2. The first kappa shape index (κ1) is 18.7. The lowest BCUT2D eigenvalue weighted by Gasteiger charge is -2.04. The summed E-state index contributed by atoms with van der Waals surface area (Å²) in [6.45, 7) is 2.16. The third-order valence-electron chi connectivity index (χ3n) is 4.12. The van der Waals surface area contributed by atoms with Gasteiger partial charge in [0, 0.05) is 17.3 Å². The van der Waals surface area contributed by atoms with Crippen LogP contribution in [-0.2, 0) is 12.6 Å². The van der Waals surface area contributed by atoms with Gasteiger partial charge in [-0.1, -0.05) is 61.6 Å². The highest BCUT2D eigenvalue weighted by molar-refractivity contribution is 5.64. The van der Waals surface area contributed by atoms with Gasteiger partial charge >= 0.3 is 6.18 Å². The SMILES string of the molecule is CCCc1ccc(-c2ccc(C#Cc3ccc(C(F)(F)F)nc3)cc2)cc1. The number of halogens is 3. The van der Waals surface area contributed by atoms with Crippen molar-refractivity contribution in [1.29, 1.82) is 0 Å². The Bertz CT molecular complexity index is 942. The molecule has 3 aromatic rings. The Morgan fingerprint density at radius 1 is 0.778 bits per heavy atom. The van der Waals surface area contributed by atoms with Gasteiger partial charge in [0.1, 0.15) is 5.69 Å². The van der Waals surface area contributed by atoms with Crippen molar-refractivity contribution in [3.8, 4) is 23.0 Å². The number of hydrogen-bond acceptors (Lipinski definition) is 1. The molecule has 0 radical (unpaired) electrons. The van der Waals surface area contributed by atoms with Crippen LogP contribution in [-0.4, -0.2) is 4.98 Å². The number of alkyl halides is 3. The summed E-state index contributed by atoms with van der Waals surface area (Å²) in [5, 5.41) is 0. The average molecular weight is 365 g/mol. The van der Waals surface area contributed by atoms with Crippen molar-refractivity contribution in [2.45, 2.75) is 25.9 Å². The van der Waals surface area contributed by atoms with Gasteiger partial charge in [0.2, 0.25) is 0 Å². The minimum atomic E-state index is -4.43. The molecule has 0 aliphatic carbocycles. The largest absolute Gasteiger partial charge is 0.433 e. The van der Waals surface area contributed by atoms with Crippen LogP contribution < -0.4 is 0 Å². The molecule has 0 fully saturated rings. The molecule has 0 saturated heterocycles. The summed E-state index contributed by atoms with van der Waals surface area (Å²) in [7, 11) is 0. The molecule has 3 rings (SSSR count). The summed E-state index contributed by atoms with van der Waals surface area (Å²) in [6.07, 6.45) is -1.09. The lowest BCUT2D eigenvalue weighted by molar-refractivity contribution is -0.141. The van der Waals surface area contributed by atoms with Crippen LogP contribution in [0.25, 0.3) is 11.1 Å². The molecule has 0 aliphatic rings. The normalized spacial score (nSPS) is 11.0. The molecular weight excluding hydrogens is 347 g/mol. The van der Waals surface area contributed by atoms with Crippen LogP contribution in [0.1, 0.15) is 35.7 Å². The van der Waals surface area contributed by atoms with Gasteiger partial charge in [-0.3, -0.25) is 4.98 Å². The molecular formula is C23H18F3N. The van der Waals surface area contributed by atoms with Crippen LogP contribution in [0.4, 0.5) is 13.2 Å². The first-order valence-corrected chi connectivity index (χ1v) is 8.70. The molecule has 0 bridgehead atoms. The smallest absolute Gasteiger partial charge is 0.250 e. The van der Waals surface area contributed by atoms with E-state index in [0.717, 1.165) is 41.8 Å². The minimum Gasteiger partial charge on any atom is -0.250 e. The van der Waals surface area contributed by atoms with Crippen molar-refractivity contribution in [1.82, 2.24) is 4.98 Å². The van der Waals surface area contributed by atoms with Crippen LogP contribution >= 0.6 is 0 Å². The summed E-state index contributed by atoms with van der Waals surface area (Å²) in [5.41, 5.74) is 3.89. The Morgan fingerprint density at radius 2 is 1.33 bits per heavy atom. The lowest BCUT2D eigenvalue weighted by atomic mass is 10.0. The second kappa shape index (κ2) is 8.09. The molecule has 0 spiro atoms. The second-order valence-corrected chi connectivity index (χ2v) is 6.20. The highest BCUT2D eigenvalue weighted by Crippen LogP contribution is 2.27. The first-order chi connectivity index (χ1) is 13.0. The third kappa shape index (κ3) is 4.98. The Kier molecular flexibility index (Phi) is 5.61. The van der Waals surface area contributed by atoms with Crippen molar-refractivity contribution in [2.24, 2.45) is 0 Å². The van der Waals surface area contributed by atoms with E-state index in [-0.39, 0.29) is 0 Å². The Morgan fingerprint density at radius 3 is 1.85 bits per heavy atom. The standard InChI is InChI=1S/C23H18F3N/c1-2-3-17-6-11-20(12-7-17)21-13-8-18(9-14-21)4-5-19-10-15-22(27-16-19)23(24,25)26/h6-16H,2-3H2,1H3. The van der Waals surface area contributed by atoms with E-state index in [1.807, 2.05) is 24.3 Å². The van der Waals surface area contributed by atoms with Crippen molar-refractivity contribution >= 4 is 0 Å². The van der Waals surface area contributed by atoms with Crippen LogP contribution in [0.3, 0.4) is 0 Å². The van der Waals surface area contributed by atoms with Crippen molar-refractivity contribution < 1.29 is 13.2 Å². The molecule has 2 aromatic carbocycles. The fourth-order valence-corrected chi connectivity index (χ4v) is 2.68. The van der Waals surface area contributed by atoms with E-state index >= 15 is 0 Å². The van der Waals surface area contributed by atoms with Crippen molar-refractivity contribution in [2.75, 3.05) is 0 Å². The number of hydrogen-bond donors (Lipinski definition) is 0. The molecule has 0 aliphatic heterocycles. The van der Waals surface area contributed by atoms with Crippen LogP contribution in [0.5, 0.6) is 0 Å². The number of rotatable bonds is 3. The molecule has 27 heavy (non-hydrogen) atoms. The predicted octanol–water partition coefficient (Wildman–Crippen LogP) is 6.12. The van der Waals surface area contributed by atoms with Gasteiger partial charge in [-0.15, -0.1) is 0 Å². The van der Waals surface area contributed by atoms with E-state index in [1.165, 1.54) is 11.6 Å². The topological polar surface area (TPSA) is 12.9 Å². The summed E-state index contributed by atoms with van der Waals surface area (Å²) in [4.78, 5) is 3.41. The van der Waals surface area contributed by atoms with Crippen LogP contribution in [0.15, 0.2) is 66.9 Å². The Hall–Kier alpha value is -3.06. The first-order valence-electron chi connectivity index (χ1n) is 8.70. The summed E-state index contributed by atoms with van der Waals surface area (Å²) >= 11 is 0. The second-order valence-electron chi connectivity index (χ2n) is 6.20. The van der Waals surface area contributed by atoms with Crippen LogP contribution in [0.2, 0.25) is 0 Å². The zero-order valence-electron chi connectivity index (χ0n) is 14.8. The Balaban J connectivity index is 1.72. The van der Waals surface area contributed by atoms with E-state index in [9.17, 15) is 13.2 Å². The van der Waals surface area contributed by atoms with Gasteiger partial charge in [0.15, 0.2) is 0 Å². The fraction of sp³-hybridized carbons (Fsp3) is 0.174. The molecule has 136 valence electrons. The van der Waals surface area contributed by atoms with Gasteiger partial charge in [-0.2, -0.15) is 13.2 Å². The number of aryl methyl sites for hydroxylation is 1. The zero-order valence-corrected chi connectivity index (χ0v) is 14.8. The third-order valence-corrected chi connectivity index (χ3v) is 4.12. The summed E-state index contributed by atoms with van der Waals surface area (Å²) < 4.78 is 37.5. The predicted molar refractivity (Wildman–Crippen MR) is 101 cm³/mol. The fourth-order valence-electron chi connectivity index (χ4n) is 2.68. The Labute approximate surface area is 156 Å². The number of pyridine rings is 1. The molecule has 4 heteroatoms. The summed E-state index contributed by atoms with van der Waals surface area (Å²) in [6, 6.07) is 18.6. The number of aromatic nitrogens is 1. The van der Waals surface area contributed by atoms with Gasteiger partial charge in [-0.25, -0.2) is 0 Å². The zero-order chi connectivity index (χ0) is 19.3. The molecule has 0 unspecified atom stereocenters. The van der Waals surface area contributed by atoms with Crippen molar-refractivity contribution in [3.63, 3.8) is 0 Å². The monoisotopic (exact) mass is 365 g/mol. The van der Waals surface area contributed by atoms with Gasteiger partial charge in [0.25, 0.3) is 0 Å². The maximum absolute atomic E-state index is 12.5. The van der Waals surface area contributed by atoms with Gasteiger partial charge in [-0.05, 0) is 47.4 Å². The maximum atomic E-state index is 12.5. The van der Waals surface area contributed by atoms with Crippen LogP contribution in [0, 0.1) is 11.8 Å². The van der Waals surface area contributed by atoms with E-state index in [0.29, 0.717) is 5.56 Å². The molecule has 0 atom stereocenters. The summed E-state index contributed by atoms with van der Waals surface area (Å²) in [5.74, 6) is 5.79. The highest BCUT2D eigenvalue weighted by Gasteiger charge is 2.31. The van der Waals surface area contributed by atoms with Gasteiger partial charge < -0.3 is 0 Å². The molecule has 0 N–H and O–H groups in total.